The highest BCUT2D eigenvalue weighted by molar-refractivity contribution is 6.20. The number of imidazole rings is 1. The molecule has 18 heavy (non-hydrogen) atoms. The third-order valence-electron chi connectivity index (χ3n) is 3.30. The molecule has 2 atom stereocenters. The summed E-state index contributed by atoms with van der Waals surface area (Å²) in [6.07, 6.45) is 4.29. The number of ether oxygens (including phenoxy) is 1. The zero-order valence-corrected chi connectivity index (χ0v) is 11.1. The summed E-state index contributed by atoms with van der Waals surface area (Å²) in [5.41, 5.74) is 1.80. The van der Waals surface area contributed by atoms with Crippen molar-refractivity contribution in [1.82, 2.24) is 14.5 Å². The summed E-state index contributed by atoms with van der Waals surface area (Å²) in [5, 5.41) is -0.124. The monoisotopic (exact) mass is 265 g/mol. The lowest BCUT2D eigenvalue weighted by Gasteiger charge is -2.14. The minimum absolute atomic E-state index is 0.124. The van der Waals surface area contributed by atoms with Crippen LogP contribution in [0.25, 0.3) is 11.2 Å². The normalized spacial score (nSPS) is 21.6. The Morgan fingerprint density at radius 2 is 2.50 bits per heavy atom. The maximum atomic E-state index is 6.21. The number of halogens is 1. The molecule has 0 N–H and O–H groups in total. The van der Waals surface area contributed by atoms with Crippen LogP contribution >= 0.6 is 11.6 Å². The number of alkyl halides is 1. The second-order valence-corrected chi connectivity index (χ2v) is 5.33. The van der Waals surface area contributed by atoms with Crippen molar-refractivity contribution in [3.8, 4) is 0 Å². The molecule has 1 fully saturated rings. The van der Waals surface area contributed by atoms with E-state index in [-0.39, 0.29) is 11.5 Å². The van der Waals surface area contributed by atoms with Crippen LogP contribution in [0.5, 0.6) is 0 Å². The van der Waals surface area contributed by atoms with Gasteiger partial charge in [0.1, 0.15) is 11.3 Å². The summed E-state index contributed by atoms with van der Waals surface area (Å²) < 4.78 is 7.79. The summed E-state index contributed by atoms with van der Waals surface area (Å²) in [4.78, 5) is 8.98. The minimum Gasteiger partial charge on any atom is -0.376 e. The molecule has 4 nitrogen and oxygen atoms in total. The molecule has 2 unspecified atom stereocenters. The van der Waals surface area contributed by atoms with Crippen molar-refractivity contribution >= 4 is 22.8 Å². The van der Waals surface area contributed by atoms with Gasteiger partial charge < -0.3 is 9.30 Å². The van der Waals surface area contributed by atoms with Gasteiger partial charge in [-0.05, 0) is 31.9 Å². The van der Waals surface area contributed by atoms with E-state index in [9.17, 15) is 0 Å². The van der Waals surface area contributed by atoms with Gasteiger partial charge in [-0.1, -0.05) is 0 Å². The molecule has 1 aliphatic rings. The lowest BCUT2D eigenvalue weighted by atomic mass is 10.2. The molecular formula is C13H16ClN3O. The van der Waals surface area contributed by atoms with Gasteiger partial charge in [0.15, 0.2) is 5.65 Å². The average Bonchev–Trinajstić information content (AvgIpc) is 2.98. The number of hydrogen-bond donors (Lipinski definition) is 0. The fraction of sp³-hybridized carbons (Fsp3) is 0.538. The summed E-state index contributed by atoms with van der Waals surface area (Å²) in [6.45, 7) is 3.59. The molecule has 2 aromatic heterocycles. The lowest BCUT2D eigenvalue weighted by Crippen LogP contribution is -2.17. The molecule has 0 amide bonds. The highest BCUT2D eigenvalue weighted by Crippen LogP contribution is 2.25. The maximum absolute atomic E-state index is 6.21. The summed E-state index contributed by atoms with van der Waals surface area (Å²) >= 11 is 6.21. The number of rotatable bonds is 3. The van der Waals surface area contributed by atoms with Gasteiger partial charge in [-0.3, -0.25) is 0 Å². The quantitative estimate of drug-likeness (QED) is 0.801. The first kappa shape index (κ1) is 11.9. The van der Waals surface area contributed by atoms with Gasteiger partial charge in [0.05, 0.1) is 18.0 Å². The molecule has 0 radical (unpaired) electrons. The number of aromatic nitrogens is 3. The Hall–Kier alpha value is -1.13. The second-order valence-electron chi connectivity index (χ2n) is 4.68. The molecule has 1 aliphatic heterocycles. The van der Waals surface area contributed by atoms with Crippen LogP contribution in [0.15, 0.2) is 18.3 Å². The molecule has 2 aromatic rings. The van der Waals surface area contributed by atoms with Crippen LogP contribution in [0, 0.1) is 0 Å². The van der Waals surface area contributed by atoms with Gasteiger partial charge in [0.2, 0.25) is 0 Å². The van der Waals surface area contributed by atoms with Crippen LogP contribution in [-0.4, -0.2) is 27.2 Å². The molecule has 0 bridgehead atoms. The van der Waals surface area contributed by atoms with E-state index < -0.39 is 0 Å². The third-order valence-corrected chi connectivity index (χ3v) is 3.49. The summed E-state index contributed by atoms with van der Waals surface area (Å²) in [7, 11) is 0. The Labute approximate surface area is 111 Å². The molecule has 0 aliphatic carbocycles. The third kappa shape index (κ3) is 2.10. The number of pyridine rings is 1. The minimum atomic E-state index is -0.124. The molecule has 1 saturated heterocycles. The summed E-state index contributed by atoms with van der Waals surface area (Å²) in [6, 6.07) is 3.87. The van der Waals surface area contributed by atoms with Gasteiger partial charge in [-0.2, -0.15) is 0 Å². The maximum Gasteiger partial charge on any atom is 0.160 e. The first-order valence-corrected chi connectivity index (χ1v) is 6.76. The molecule has 3 heterocycles. The van der Waals surface area contributed by atoms with Crippen LogP contribution < -0.4 is 0 Å². The molecule has 0 aromatic carbocycles. The van der Waals surface area contributed by atoms with Gasteiger partial charge in [-0.25, -0.2) is 9.97 Å². The zero-order valence-electron chi connectivity index (χ0n) is 10.3. The van der Waals surface area contributed by atoms with Crippen molar-refractivity contribution in [3.63, 3.8) is 0 Å². The molecule has 5 heteroatoms. The fourth-order valence-electron chi connectivity index (χ4n) is 2.45. The van der Waals surface area contributed by atoms with Crippen LogP contribution in [-0.2, 0) is 11.3 Å². The van der Waals surface area contributed by atoms with Gasteiger partial charge in [0.25, 0.3) is 0 Å². The Kier molecular flexibility index (Phi) is 3.22. The van der Waals surface area contributed by atoms with Crippen LogP contribution in [0.3, 0.4) is 0 Å². The predicted molar refractivity (Wildman–Crippen MR) is 70.8 cm³/mol. The van der Waals surface area contributed by atoms with Gasteiger partial charge in [-0.15, -0.1) is 11.6 Å². The van der Waals surface area contributed by atoms with Crippen molar-refractivity contribution in [1.29, 1.82) is 0 Å². The standard InChI is InChI=1S/C13H16ClN3O/c1-9(14)12-16-11-5-2-6-15-13(11)17(12)8-10-4-3-7-18-10/h2,5-6,9-10H,3-4,7-8H2,1H3. The number of nitrogens with zero attached hydrogens (tertiary/aromatic N) is 3. The SMILES string of the molecule is CC(Cl)c1nc2cccnc2n1CC1CCCO1. The average molecular weight is 266 g/mol. The first-order chi connectivity index (χ1) is 8.75. The van der Waals surface area contributed by atoms with Crippen molar-refractivity contribution in [2.75, 3.05) is 6.61 Å². The van der Waals surface area contributed by atoms with Crippen molar-refractivity contribution in [2.45, 2.75) is 37.8 Å². The van der Waals surface area contributed by atoms with Crippen molar-refractivity contribution < 1.29 is 4.74 Å². The predicted octanol–water partition coefficient (Wildman–Crippen LogP) is 2.91. The number of hydrogen-bond acceptors (Lipinski definition) is 3. The highest BCUT2D eigenvalue weighted by atomic mass is 35.5. The second kappa shape index (κ2) is 4.86. The van der Waals surface area contributed by atoms with E-state index in [1.807, 2.05) is 19.1 Å². The Morgan fingerprint density at radius 3 is 3.22 bits per heavy atom. The highest BCUT2D eigenvalue weighted by Gasteiger charge is 2.21. The topological polar surface area (TPSA) is 39.9 Å². The molecule has 0 spiro atoms. The molecule has 0 saturated carbocycles. The molecular weight excluding hydrogens is 250 g/mol. The Bertz CT molecular complexity index is 546. The van der Waals surface area contributed by atoms with Crippen LogP contribution in [0.2, 0.25) is 0 Å². The van der Waals surface area contributed by atoms with Crippen molar-refractivity contribution in [2.24, 2.45) is 0 Å². The van der Waals surface area contributed by atoms with Crippen LogP contribution in [0.4, 0.5) is 0 Å². The number of fused-ring (bicyclic) bond motifs is 1. The zero-order chi connectivity index (χ0) is 12.5. The van der Waals surface area contributed by atoms with E-state index in [1.165, 1.54) is 0 Å². The Morgan fingerprint density at radius 1 is 1.61 bits per heavy atom. The van der Waals surface area contributed by atoms with Gasteiger partial charge >= 0.3 is 0 Å². The van der Waals surface area contributed by atoms with E-state index in [4.69, 9.17) is 16.3 Å². The Balaban J connectivity index is 2.03. The van der Waals surface area contributed by atoms with E-state index in [2.05, 4.69) is 14.5 Å². The van der Waals surface area contributed by atoms with Crippen molar-refractivity contribution in [3.05, 3.63) is 24.2 Å². The van der Waals surface area contributed by atoms with E-state index in [0.29, 0.717) is 0 Å². The largest absolute Gasteiger partial charge is 0.376 e. The smallest absolute Gasteiger partial charge is 0.160 e. The molecule has 3 rings (SSSR count). The van der Waals surface area contributed by atoms with Gasteiger partial charge in [0, 0.05) is 12.8 Å². The van der Waals surface area contributed by atoms with Crippen LogP contribution in [0.1, 0.15) is 31.0 Å². The fourth-order valence-corrected chi connectivity index (χ4v) is 2.62. The van der Waals surface area contributed by atoms with E-state index >= 15 is 0 Å². The first-order valence-electron chi connectivity index (χ1n) is 6.32. The molecule has 96 valence electrons. The summed E-state index contributed by atoms with van der Waals surface area (Å²) in [5.74, 6) is 0.876. The lowest BCUT2D eigenvalue weighted by molar-refractivity contribution is 0.0971. The van der Waals surface area contributed by atoms with E-state index in [1.54, 1.807) is 6.20 Å². The van der Waals surface area contributed by atoms with E-state index in [0.717, 1.165) is 43.0 Å².